The predicted molar refractivity (Wildman–Crippen MR) is 77.0 cm³/mol. The standard InChI is InChI=1S/C15H22BrFO/c1-3-5-6-11(4-2)9-15(18)13-10-12(17)7-8-14(13)16/h7-8,10-11,15,18H,3-6,9H2,1-2H3. The average molecular weight is 317 g/mol. The van der Waals surface area contributed by atoms with Crippen LogP contribution in [-0.2, 0) is 0 Å². The molecule has 1 aromatic rings. The highest BCUT2D eigenvalue weighted by atomic mass is 79.9. The van der Waals surface area contributed by atoms with Gasteiger partial charge >= 0.3 is 0 Å². The van der Waals surface area contributed by atoms with Crippen molar-refractivity contribution in [1.82, 2.24) is 0 Å². The van der Waals surface area contributed by atoms with Crippen LogP contribution in [0.5, 0.6) is 0 Å². The van der Waals surface area contributed by atoms with Gasteiger partial charge in [0.05, 0.1) is 6.10 Å². The van der Waals surface area contributed by atoms with Crippen LogP contribution in [0.2, 0.25) is 0 Å². The SMILES string of the molecule is CCCCC(CC)CC(O)c1cc(F)ccc1Br. The molecule has 0 aliphatic rings. The lowest BCUT2D eigenvalue weighted by atomic mass is 9.90. The minimum Gasteiger partial charge on any atom is -0.388 e. The van der Waals surface area contributed by atoms with Crippen LogP contribution >= 0.6 is 15.9 Å². The lowest BCUT2D eigenvalue weighted by Gasteiger charge is -2.20. The first-order valence-electron chi connectivity index (χ1n) is 6.71. The monoisotopic (exact) mass is 316 g/mol. The van der Waals surface area contributed by atoms with Crippen LogP contribution in [0, 0.1) is 11.7 Å². The maximum absolute atomic E-state index is 13.2. The quantitative estimate of drug-likeness (QED) is 0.730. The fourth-order valence-electron chi connectivity index (χ4n) is 2.19. The Labute approximate surface area is 118 Å². The van der Waals surface area contributed by atoms with Gasteiger partial charge in [0.2, 0.25) is 0 Å². The zero-order valence-electron chi connectivity index (χ0n) is 11.1. The van der Waals surface area contributed by atoms with Crippen molar-refractivity contribution in [2.45, 2.75) is 52.1 Å². The highest BCUT2D eigenvalue weighted by Gasteiger charge is 2.17. The molecular weight excluding hydrogens is 295 g/mol. The summed E-state index contributed by atoms with van der Waals surface area (Å²) in [6.07, 6.45) is 4.68. The molecule has 1 rings (SSSR count). The first kappa shape index (κ1) is 15.6. The number of unbranched alkanes of at least 4 members (excludes halogenated alkanes) is 1. The number of aliphatic hydroxyl groups excluding tert-OH is 1. The zero-order chi connectivity index (χ0) is 13.5. The van der Waals surface area contributed by atoms with E-state index in [1.54, 1.807) is 6.07 Å². The number of aliphatic hydroxyl groups is 1. The van der Waals surface area contributed by atoms with Gasteiger partial charge in [0, 0.05) is 4.47 Å². The normalized spacial score (nSPS) is 14.5. The maximum atomic E-state index is 13.2. The van der Waals surface area contributed by atoms with Gasteiger partial charge in [0.1, 0.15) is 5.82 Å². The summed E-state index contributed by atoms with van der Waals surface area (Å²) in [6.45, 7) is 4.32. The molecule has 1 N–H and O–H groups in total. The van der Waals surface area contributed by atoms with E-state index in [0.717, 1.165) is 17.3 Å². The van der Waals surface area contributed by atoms with Crippen LogP contribution in [-0.4, -0.2) is 5.11 Å². The largest absolute Gasteiger partial charge is 0.388 e. The molecule has 18 heavy (non-hydrogen) atoms. The Morgan fingerprint density at radius 1 is 1.33 bits per heavy atom. The van der Waals surface area contributed by atoms with E-state index in [0.29, 0.717) is 17.9 Å². The van der Waals surface area contributed by atoms with Crippen molar-refractivity contribution in [2.75, 3.05) is 0 Å². The Morgan fingerprint density at radius 3 is 2.67 bits per heavy atom. The summed E-state index contributed by atoms with van der Waals surface area (Å²) < 4.78 is 14.0. The van der Waals surface area contributed by atoms with Crippen molar-refractivity contribution in [2.24, 2.45) is 5.92 Å². The van der Waals surface area contributed by atoms with Crippen LogP contribution in [0.1, 0.15) is 57.6 Å². The number of hydrogen-bond acceptors (Lipinski definition) is 1. The molecule has 2 unspecified atom stereocenters. The first-order chi connectivity index (χ1) is 8.58. The van der Waals surface area contributed by atoms with Crippen LogP contribution in [0.4, 0.5) is 4.39 Å². The fraction of sp³-hybridized carbons (Fsp3) is 0.600. The molecule has 0 spiro atoms. The maximum Gasteiger partial charge on any atom is 0.123 e. The summed E-state index contributed by atoms with van der Waals surface area (Å²) in [5.74, 6) is 0.212. The molecule has 102 valence electrons. The van der Waals surface area contributed by atoms with Gasteiger partial charge in [0.15, 0.2) is 0 Å². The van der Waals surface area contributed by atoms with Crippen LogP contribution in [0.25, 0.3) is 0 Å². The van der Waals surface area contributed by atoms with Crippen molar-refractivity contribution in [3.63, 3.8) is 0 Å². The lowest BCUT2D eigenvalue weighted by Crippen LogP contribution is -2.08. The van der Waals surface area contributed by atoms with E-state index in [1.165, 1.54) is 25.0 Å². The third-order valence-corrected chi connectivity index (χ3v) is 4.14. The van der Waals surface area contributed by atoms with E-state index in [9.17, 15) is 9.50 Å². The number of benzene rings is 1. The molecule has 0 aliphatic carbocycles. The van der Waals surface area contributed by atoms with Crippen LogP contribution in [0.15, 0.2) is 22.7 Å². The van der Waals surface area contributed by atoms with Gasteiger partial charge in [-0.15, -0.1) is 0 Å². The highest BCUT2D eigenvalue weighted by molar-refractivity contribution is 9.10. The van der Waals surface area contributed by atoms with E-state index >= 15 is 0 Å². The molecule has 0 radical (unpaired) electrons. The first-order valence-corrected chi connectivity index (χ1v) is 7.50. The molecule has 0 aromatic heterocycles. The molecule has 0 bridgehead atoms. The third kappa shape index (κ3) is 4.69. The molecule has 0 amide bonds. The van der Waals surface area contributed by atoms with Gasteiger partial charge in [-0.2, -0.15) is 0 Å². The van der Waals surface area contributed by atoms with Crippen molar-refractivity contribution < 1.29 is 9.50 Å². The Balaban J connectivity index is 2.67. The zero-order valence-corrected chi connectivity index (χ0v) is 12.7. The molecule has 0 fully saturated rings. The summed E-state index contributed by atoms with van der Waals surface area (Å²) in [5.41, 5.74) is 0.657. The second-order valence-corrected chi connectivity index (χ2v) is 5.69. The van der Waals surface area contributed by atoms with Crippen molar-refractivity contribution in [1.29, 1.82) is 0 Å². The topological polar surface area (TPSA) is 20.2 Å². The molecule has 1 aromatic carbocycles. The average Bonchev–Trinajstić information content (AvgIpc) is 2.37. The Kier molecular flexibility index (Phi) is 6.87. The van der Waals surface area contributed by atoms with Gasteiger partial charge in [-0.3, -0.25) is 0 Å². The molecule has 0 aliphatic heterocycles. The molecule has 0 saturated carbocycles. The highest BCUT2D eigenvalue weighted by Crippen LogP contribution is 2.31. The van der Waals surface area contributed by atoms with E-state index in [2.05, 4.69) is 29.8 Å². The summed E-state index contributed by atoms with van der Waals surface area (Å²) in [5, 5.41) is 10.2. The molecule has 3 heteroatoms. The molecule has 0 saturated heterocycles. The molecule has 2 atom stereocenters. The smallest absolute Gasteiger partial charge is 0.123 e. The number of rotatable bonds is 7. The van der Waals surface area contributed by atoms with Crippen molar-refractivity contribution in [3.05, 3.63) is 34.1 Å². The van der Waals surface area contributed by atoms with Crippen LogP contribution in [0.3, 0.4) is 0 Å². The van der Waals surface area contributed by atoms with E-state index < -0.39 is 6.10 Å². The summed E-state index contributed by atoms with van der Waals surface area (Å²) >= 11 is 3.37. The van der Waals surface area contributed by atoms with E-state index in [1.807, 2.05) is 0 Å². The summed E-state index contributed by atoms with van der Waals surface area (Å²) in [6, 6.07) is 4.47. The van der Waals surface area contributed by atoms with Crippen molar-refractivity contribution in [3.8, 4) is 0 Å². The van der Waals surface area contributed by atoms with Crippen LogP contribution < -0.4 is 0 Å². The minimum absolute atomic E-state index is 0.297. The van der Waals surface area contributed by atoms with E-state index in [4.69, 9.17) is 0 Å². The number of halogens is 2. The second kappa shape index (κ2) is 7.90. The van der Waals surface area contributed by atoms with Gasteiger partial charge < -0.3 is 5.11 Å². The van der Waals surface area contributed by atoms with Crippen molar-refractivity contribution >= 4 is 15.9 Å². The molecule has 0 heterocycles. The summed E-state index contributed by atoms with van der Waals surface area (Å²) in [7, 11) is 0. The molecular formula is C15H22BrFO. The Bertz CT molecular complexity index is 368. The second-order valence-electron chi connectivity index (χ2n) is 4.83. The fourth-order valence-corrected chi connectivity index (χ4v) is 2.70. The minimum atomic E-state index is -0.586. The molecule has 1 nitrogen and oxygen atoms in total. The Morgan fingerprint density at radius 2 is 2.06 bits per heavy atom. The van der Waals surface area contributed by atoms with Gasteiger partial charge in [-0.1, -0.05) is 55.5 Å². The third-order valence-electron chi connectivity index (χ3n) is 3.42. The van der Waals surface area contributed by atoms with Gasteiger partial charge in [-0.05, 0) is 36.1 Å². The Hall–Kier alpha value is -0.410. The van der Waals surface area contributed by atoms with Gasteiger partial charge in [0.25, 0.3) is 0 Å². The lowest BCUT2D eigenvalue weighted by molar-refractivity contribution is 0.138. The predicted octanol–water partition coefficient (Wildman–Crippen LogP) is 5.23. The summed E-state index contributed by atoms with van der Waals surface area (Å²) in [4.78, 5) is 0. The number of hydrogen-bond donors (Lipinski definition) is 1. The van der Waals surface area contributed by atoms with E-state index in [-0.39, 0.29) is 5.82 Å². The van der Waals surface area contributed by atoms with Gasteiger partial charge in [-0.25, -0.2) is 4.39 Å².